The number of nitrogens with zero attached hydrogens (tertiary/aromatic N) is 2. The first-order valence-corrected chi connectivity index (χ1v) is 7.10. The molecule has 1 aliphatic heterocycles. The molecule has 0 unspecified atom stereocenters. The van der Waals surface area contributed by atoms with Gasteiger partial charge in [-0.1, -0.05) is 0 Å². The Kier molecular flexibility index (Phi) is 5.10. The van der Waals surface area contributed by atoms with Gasteiger partial charge >= 0.3 is 0 Å². The van der Waals surface area contributed by atoms with E-state index in [1.807, 2.05) is 12.3 Å². The number of aromatic nitrogens is 1. The van der Waals surface area contributed by atoms with Gasteiger partial charge in [0.15, 0.2) is 0 Å². The van der Waals surface area contributed by atoms with Gasteiger partial charge in [-0.25, -0.2) is 4.98 Å². The van der Waals surface area contributed by atoms with Crippen molar-refractivity contribution in [3.05, 3.63) is 16.1 Å². The van der Waals surface area contributed by atoms with E-state index in [4.69, 9.17) is 4.74 Å². The zero-order valence-corrected chi connectivity index (χ0v) is 11.5. The van der Waals surface area contributed by atoms with Crippen LogP contribution < -0.4 is 5.32 Å². The molecule has 0 spiro atoms. The van der Waals surface area contributed by atoms with E-state index in [9.17, 15) is 4.79 Å². The number of morpholine rings is 1. The second-order valence-corrected chi connectivity index (χ2v) is 5.40. The maximum absolute atomic E-state index is 11.7. The molecule has 2 rings (SSSR count). The number of thiazole rings is 1. The third-order valence-corrected chi connectivity index (χ3v) is 3.68. The molecular formula is C12H19N3O2S. The fourth-order valence-electron chi connectivity index (χ4n) is 1.89. The molecule has 0 aromatic carbocycles. The van der Waals surface area contributed by atoms with Crippen LogP contribution in [-0.4, -0.2) is 55.2 Å². The summed E-state index contributed by atoms with van der Waals surface area (Å²) in [5.74, 6) is 0.0496. The van der Waals surface area contributed by atoms with Gasteiger partial charge in [0.25, 0.3) is 0 Å². The van der Waals surface area contributed by atoms with Gasteiger partial charge in [-0.15, -0.1) is 11.3 Å². The molecule has 1 saturated heterocycles. The molecule has 2 heterocycles. The van der Waals surface area contributed by atoms with Crippen molar-refractivity contribution in [3.8, 4) is 0 Å². The maximum atomic E-state index is 11.7. The smallest absolute Gasteiger partial charge is 0.226 e. The lowest BCUT2D eigenvalue weighted by Crippen LogP contribution is -2.41. The van der Waals surface area contributed by atoms with Gasteiger partial charge in [-0.2, -0.15) is 0 Å². The van der Waals surface area contributed by atoms with E-state index in [0.717, 1.165) is 43.5 Å². The Hall–Kier alpha value is -0.980. The number of hydrogen-bond acceptors (Lipinski definition) is 5. The molecule has 1 N–H and O–H groups in total. The van der Waals surface area contributed by atoms with E-state index < -0.39 is 0 Å². The highest BCUT2D eigenvalue weighted by atomic mass is 32.1. The SMILES string of the molecule is Cc1nc(CC(=O)NCCN2CCOCC2)cs1. The van der Waals surface area contributed by atoms with Crippen molar-refractivity contribution in [1.82, 2.24) is 15.2 Å². The Labute approximate surface area is 111 Å². The van der Waals surface area contributed by atoms with E-state index >= 15 is 0 Å². The average molecular weight is 269 g/mol. The standard InChI is InChI=1S/C12H19N3O2S/c1-10-14-11(9-18-10)8-12(16)13-2-3-15-4-6-17-7-5-15/h9H,2-8H2,1H3,(H,13,16). The molecule has 0 radical (unpaired) electrons. The molecule has 100 valence electrons. The third-order valence-electron chi connectivity index (χ3n) is 2.86. The minimum absolute atomic E-state index is 0.0496. The van der Waals surface area contributed by atoms with E-state index in [0.29, 0.717) is 13.0 Å². The van der Waals surface area contributed by atoms with Crippen LogP contribution in [0.1, 0.15) is 10.7 Å². The highest BCUT2D eigenvalue weighted by Gasteiger charge is 2.10. The largest absolute Gasteiger partial charge is 0.379 e. The zero-order valence-electron chi connectivity index (χ0n) is 10.6. The lowest BCUT2D eigenvalue weighted by atomic mass is 10.3. The van der Waals surface area contributed by atoms with Crippen LogP contribution in [0.15, 0.2) is 5.38 Å². The van der Waals surface area contributed by atoms with Crippen molar-refractivity contribution in [2.24, 2.45) is 0 Å². The number of rotatable bonds is 5. The summed E-state index contributed by atoms with van der Waals surface area (Å²) in [4.78, 5) is 18.3. The summed E-state index contributed by atoms with van der Waals surface area (Å²) < 4.78 is 5.27. The quantitative estimate of drug-likeness (QED) is 0.843. The van der Waals surface area contributed by atoms with Crippen molar-refractivity contribution in [2.45, 2.75) is 13.3 Å². The number of aryl methyl sites for hydroxylation is 1. The van der Waals surface area contributed by atoms with Crippen LogP contribution in [0.25, 0.3) is 0 Å². The minimum atomic E-state index is 0.0496. The lowest BCUT2D eigenvalue weighted by molar-refractivity contribution is -0.120. The number of ether oxygens (including phenoxy) is 1. The molecule has 5 nitrogen and oxygen atoms in total. The third kappa shape index (κ3) is 4.36. The summed E-state index contributed by atoms with van der Waals surface area (Å²) in [6.07, 6.45) is 0.382. The molecular weight excluding hydrogens is 250 g/mol. The first kappa shape index (κ1) is 13.5. The minimum Gasteiger partial charge on any atom is -0.379 e. The van der Waals surface area contributed by atoms with Gasteiger partial charge in [0.2, 0.25) is 5.91 Å². The molecule has 0 saturated carbocycles. The summed E-state index contributed by atoms with van der Waals surface area (Å²) >= 11 is 1.58. The van der Waals surface area contributed by atoms with Crippen molar-refractivity contribution in [2.75, 3.05) is 39.4 Å². The molecule has 1 fully saturated rings. The summed E-state index contributed by atoms with van der Waals surface area (Å²) in [6.45, 7) is 7.05. The first-order chi connectivity index (χ1) is 8.74. The van der Waals surface area contributed by atoms with Gasteiger partial charge < -0.3 is 10.1 Å². The fraction of sp³-hybridized carbons (Fsp3) is 0.667. The Morgan fingerprint density at radius 1 is 1.56 bits per heavy atom. The molecule has 0 atom stereocenters. The van der Waals surface area contributed by atoms with E-state index in [-0.39, 0.29) is 5.91 Å². The molecule has 1 amide bonds. The van der Waals surface area contributed by atoms with Crippen LogP contribution >= 0.6 is 11.3 Å². The number of nitrogens with one attached hydrogen (secondary N) is 1. The fourth-order valence-corrected chi connectivity index (χ4v) is 2.51. The Balaban J connectivity index is 1.62. The number of amides is 1. The van der Waals surface area contributed by atoms with Crippen LogP contribution in [0, 0.1) is 6.92 Å². The summed E-state index contributed by atoms with van der Waals surface area (Å²) in [5.41, 5.74) is 0.862. The van der Waals surface area contributed by atoms with Crippen molar-refractivity contribution < 1.29 is 9.53 Å². The van der Waals surface area contributed by atoms with Crippen molar-refractivity contribution >= 4 is 17.2 Å². The van der Waals surface area contributed by atoms with E-state index in [1.54, 1.807) is 11.3 Å². The summed E-state index contributed by atoms with van der Waals surface area (Å²) in [5, 5.41) is 5.88. The average Bonchev–Trinajstić information content (AvgIpc) is 2.76. The molecule has 0 aliphatic carbocycles. The predicted molar refractivity (Wildman–Crippen MR) is 70.8 cm³/mol. The number of carbonyl (C=O) groups is 1. The highest BCUT2D eigenvalue weighted by Crippen LogP contribution is 2.08. The Morgan fingerprint density at radius 3 is 3.00 bits per heavy atom. The predicted octanol–water partition coefficient (Wildman–Crippen LogP) is 0.442. The molecule has 6 heteroatoms. The van der Waals surface area contributed by atoms with Gasteiger partial charge in [0.1, 0.15) is 0 Å². The Morgan fingerprint density at radius 2 is 2.33 bits per heavy atom. The number of carbonyl (C=O) groups excluding carboxylic acids is 1. The number of hydrogen-bond donors (Lipinski definition) is 1. The lowest BCUT2D eigenvalue weighted by Gasteiger charge is -2.26. The summed E-state index contributed by atoms with van der Waals surface area (Å²) in [6, 6.07) is 0. The molecule has 1 aromatic rings. The van der Waals surface area contributed by atoms with Gasteiger partial charge in [-0.05, 0) is 6.92 Å². The molecule has 18 heavy (non-hydrogen) atoms. The van der Waals surface area contributed by atoms with Crippen LogP contribution in [0.4, 0.5) is 0 Å². The molecule has 1 aliphatic rings. The molecule has 0 bridgehead atoms. The normalized spacial score (nSPS) is 16.7. The second kappa shape index (κ2) is 6.82. The van der Waals surface area contributed by atoms with Crippen molar-refractivity contribution in [1.29, 1.82) is 0 Å². The van der Waals surface area contributed by atoms with Crippen LogP contribution in [0.3, 0.4) is 0 Å². The van der Waals surface area contributed by atoms with Gasteiger partial charge in [0, 0.05) is 31.6 Å². The van der Waals surface area contributed by atoms with Crippen LogP contribution in [0.2, 0.25) is 0 Å². The van der Waals surface area contributed by atoms with Crippen LogP contribution in [0.5, 0.6) is 0 Å². The van der Waals surface area contributed by atoms with Crippen LogP contribution in [-0.2, 0) is 16.0 Å². The first-order valence-electron chi connectivity index (χ1n) is 6.22. The molecule has 1 aromatic heterocycles. The Bertz CT molecular complexity index is 388. The zero-order chi connectivity index (χ0) is 12.8. The van der Waals surface area contributed by atoms with Gasteiger partial charge in [-0.3, -0.25) is 9.69 Å². The van der Waals surface area contributed by atoms with E-state index in [2.05, 4.69) is 15.2 Å². The summed E-state index contributed by atoms with van der Waals surface area (Å²) in [7, 11) is 0. The van der Waals surface area contributed by atoms with Gasteiger partial charge in [0.05, 0.1) is 30.3 Å². The highest BCUT2D eigenvalue weighted by molar-refractivity contribution is 7.09. The maximum Gasteiger partial charge on any atom is 0.226 e. The van der Waals surface area contributed by atoms with E-state index in [1.165, 1.54) is 0 Å². The monoisotopic (exact) mass is 269 g/mol. The topological polar surface area (TPSA) is 54.5 Å². The van der Waals surface area contributed by atoms with Crippen molar-refractivity contribution in [3.63, 3.8) is 0 Å². The second-order valence-electron chi connectivity index (χ2n) is 4.34.